The second-order valence-corrected chi connectivity index (χ2v) is 5.32. The van der Waals surface area contributed by atoms with Gasteiger partial charge in [0.25, 0.3) is 0 Å². The smallest absolute Gasteiger partial charge is 0.131 e. The van der Waals surface area contributed by atoms with E-state index in [4.69, 9.17) is 16.3 Å². The molecule has 0 aliphatic carbocycles. The fourth-order valence-electron chi connectivity index (χ4n) is 2.18. The van der Waals surface area contributed by atoms with Crippen molar-refractivity contribution >= 4 is 11.6 Å². The van der Waals surface area contributed by atoms with Crippen molar-refractivity contribution in [1.82, 2.24) is 9.78 Å². The van der Waals surface area contributed by atoms with Crippen molar-refractivity contribution in [2.24, 2.45) is 0 Å². The third-order valence-corrected chi connectivity index (χ3v) is 3.97. The summed E-state index contributed by atoms with van der Waals surface area (Å²) < 4.78 is 7.62. The molecule has 21 heavy (non-hydrogen) atoms. The Balaban J connectivity index is 2.06. The molecule has 0 aliphatic rings. The monoisotopic (exact) mass is 308 g/mol. The summed E-state index contributed by atoms with van der Waals surface area (Å²) in [6.45, 7) is 6.99. The van der Waals surface area contributed by atoms with Gasteiger partial charge in [0.15, 0.2) is 0 Å². The molecule has 0 radical (unpaired) electrons. The van der Waals surface area contributed by atoms with Crippen LogP contribution in [0.5, 0.6) is 5.75 Å². The van der Waals surface area contributed by atoms with E-state index in [1.54, 1.807) is 0 Å². The molecule has 0 amide bonds. The van der Waals surface area contributed by atoms with E-state index in [2.05, 4.69) is 5.10 Å². The number of hydrogen-bond donors (Lipinski definition) is 1. The molecular weight excluding hydrogens is 288 g/mol. The number of aryl methyl sites for hydroxylation is 2. The molecule has 1 N–H and O–H groups in total. The Hall–Kier alpha value is -1.52. The van der Waals surface area contributed by atoms with Crippen molar-refractivity contribution in [3.8, 4) is 5.75 Å². The van der Waals surface area contributed by atoms with E-state index in [0.29, 0.717) is 18.1 Å². The number of benzene rings is 1. The number of nitrogens with zero attached hydrogens (tertiary/aromatic N) is 2. The number of halogens is 1. The van der Waals surface area contributed by atoms with Crippen LogP contribution in [0.15, 0.2) is 24.3 Å². The molecule has 1 atom stereocenters. The molecule has 2 rings (SSSR count). The fourth-order valence-corrected chi connectivity index (χ4v) is 2.37. The quantitative estimate of drug-likeness (QED) is 0.880. The first-order chi connectivity index (χ1) is 10.1. The first kappa shape index (κ1) is 15.9. The molecule has 1 aromatic carbocycles. The molecule has 4 nitrogen and oxygen atoms in total. The minimum absolute atomic E-state index is 0.378. The van der Waals surface area contributed by atoms with E-state index in [-0.39, 0.29) is 0 Å². The van der Waals surface area contributed by atoms with Crippen LogP contribution in [-0.2, 0) is 13.2 Å². The molecule has 0 unspecified atom stereocenters. The lowest BCUT2D eigenvalue weighted by molar-refractivity contribution is 0.173. The van der Waals surface area contributed by atoms with E-state index in [1.165, 1.54) is 0 Å². The molecule has 0 bridgehead atoms. The van der Waals surface area contributed by atoms with E-state index in [9.17, 15) is 5.11 Å². The fraction of sp³-hybridized carbons (Fsp3) is 0.438. The van der Waals surface area contributed by atoms with Gasteiger partial charge in [0.05, 0.1) is 22.5 Å². The zero-order valence-electron chi connectivity index (χ0n) is 12.6. The first-order valence-electron chi connectivity index (χ1n) is 7.19. The van der Waals surface area contributed by atoms with Crippen LogP contribution >= 0.6 is 11.6 Å². The third kappa shape index (κ3) is 3.57. The zero-order chi connectivity index (χ0) is 15.4. The lowest BCUT2D eigenvalue weighted by Gasteiger charge is -2.11. The average Bonchev–Trinajstić information content (AvgIpc) is 2.79. The third-order valence-electron chi connectivity index (χ3n) is 3.48. The van der Waals surface area contributed by atoms with Gasteiger partial charge in [0.2, 0.25) is 0 Å². The van der Waals surface area contributed by atoms with Crippen LogP contribution in [-0.4, -0.2) is 14.9 Å². The molecule has 1 aromatic heterocycles. The maximum absolute atomic E-state index is 9.77. The van der Waals surface area contributed by atoms with Crippen molar-refractivity contribution < 1.29 is 9.84 Å². The number of hydrogen-bond acceptors (Lipinski definition) is 3. The van der Waals surface area contributed by atoms with Crippen LogP contribution in [0.4, 0.5) is 0 Å². The Morgan fingerprint density at radius 2 is 1.95 bits per heavy atom. The van der Waals surface area contributed by atoms with Gasteiger partial charge in [-0.05, 0) is 38.0 Å². The lowest BCUT2D eigenvalue weighted by atomic mass is 10.1. The Morgan fingerprint density at radius 3 is 2.52 bits per heavy atom. The Kier molecular flexibility index (Phi) is 5.26. The minimum atomic E-state index is -0.419. The van der Waals surface area contributed by atoms with Crippen LogP contribution in [0.3, 0.4) is 0 Å². The normalized spacial score (nSPS) is 12.4. The Labute approximate surface area is 130 Å². The molecule has 0 saturated carbocycles. The van der Waals surface area contributed by atoms with Gasteiger partial charge in [-0.15, -0.1) is 0 Å². The van der Waals surface area contributed by atoms with Gasteiger partial charge in [-0.25, -0.2) is 0 Å². The largest absolute Gasteiger partial charge is 0.487 e. The van der Waals surface area contributed by atoms with E-state index in [1.807, 2.05) is 49.7 Å². The highest BCUT2D eigenvalue weighted by molar-refractivity contribution is 6.31. The summed E-state index contributed by atoms with van der Waals surface area (Å²) in [4.78, 5) is 0. The van der Waals surface area contributed by atoms with Crippen LogP contribution < -0.4 is 4.74 Å². The highest BCUT2D eigenvalue weighted by Crippen LogP contribution is 2.24. The summed E-state index contributed by atoms with van der Waals surface area (Å²) in [6.07, 6.45) is 0.280. The van der Waals surface area contributed by atoms with Crippen molar-refractivity contribution in [1.29, 1.82) is 0 Å². The molecule has 0 saturated heterocycles. The molecule has 1 heterocycles. The minimum Gasteiger partial charge on any atom is -0.487 e. The number of aliphatic hydroxyl groups excluding tert-OH is 1. The maximum atomic E-state index is 9.77. The second kappa shape index (κ2) is 6.96. The highest BCUT2D eigenvalue weighted by atomic mass is 35.5. The summed E-state index contributed by atoms with van der Waals surface area (Å²) in [7, 11) is 0. The molecule has 114 valence electrons. The van der Waals surface area contributed by atoms with Gasteiger partial charge in [0.1, 0.15) is 12.4 Å². The van der Waals surface area contributed by atoms with Gasteiger partial charge in [0, 0.05) is 6.54 Å². The predicted octanol–water partition coefficient (Wildman–Crippen LogP) is 3.89. The summed E-state index contributed by atoms with van der Waals surface area (Å²) >= 11 is 6.25. The van der Waals surface area contributed by atoms with Crippen molar-refractivity contribution in [3.63, 3.8) is 0 Å². The number of aliphatic hydroxyl groups is 1. The van der Waals surface area contributed by atoms with Crippen LogP contribution in [0.1, 0.15) is 43.3 Å². The Bertz CT molecular complexity index is 593. The number of aromatic nitrogens is 2. The van der Waals surface area contributed by atoms with Gasteiger partial charge in [-0.1, -0.05) is 30.7 Å². The standard InChI is InChI=1S/C16H21ClN2O2/c1-4-15(20)12-6-8-13(9-7-12)21-10-14-16(17)11(3)18-19(14)5-2/h6-9,15,20H,4-5,10H2,1-3H3/t15-/m1/s1. The van der Waals surface area contributed by atoms with Gasteiger partial charge in [-0.2, -0.15) is 5.10 Å². The molecule has 0 fully saturated rings. The number of rotatable bonds is 6. The molecule has 5 heteroatoms. The lowest BCUT2D eigenvalue weighted by Crippen LogP contribution is -2.06. The van der Waals surface area contributed by atoms with Gasteiger partial charge in [-0.3, -0.25) is 4.68 Å². The topological polar surface area (TPSA) is 47.3 Å². The Morgan fingerprint density at radius 1 is 1.29 bits per heavy atom. The SMILES string of the molecule is CC[C@@H](O)c1ccc(OCc2c(Cl)c(C)nn2CC)cc1. The first-order valence-corrected chi connectivity index (χ1v) is 7.57. The van der Waals surface area contributed by atoms with E-state index >= 15 is 0 Å². The zero-order valence-corrected chi connectivity index (χ0v) is 13.4. The van der Waals surface area contributed by atoms with Gasteiger partial charge < -0.3 is 9.84 Å². The van der Waals surface area contributed by atoms with Crippen LogP contribution in [0, 0.1) is 6.92 Å². The van der Waals surface area contributed by atoms with Crippen LogP contribution in [0.2, 0.25) is 5.02 Å². The molecule has 0 aliphatic heterocycles. The summed E-state index contributed by atoms with van der Waals surface area (Å²) in [6, 6.07) is 7.49. The van der Waals surface area contributed by atoms with Crippen molar-refractivity contribution in [3.05, 3.63) is 46.2 Å². The molecule has 0 spiro atoms. The summed E-state index contributed by atoms with van der Waals surface area (Å²) in [5.74, 6) is 0.750. The molecule has 2 aromatic rings. The molecular formula is C16H21ClN2O2. The van der Waals surface area contributed by atoms with E-state index in [0.717, 1.165) is 29.2 Å². The van der Waals surface area contributed by atoms with E-state index < -0.39 is 6.10 Å². The van der Waals surface area contributed by atoms with Crippen molar-refractivity contribution in [2.45, 2.75) is 46.4 Å². The van der Waals surface area contributed by atoms with Crippen molar-refractivity contribution in [2.75, 3.05) is 0 Å². The highest BCUT2D eigenvalue weighted by Gasteiger charge is 2.13. The second-order valence-electron chi connectivity index (χ2n) is 4.94. The van der Waals surface area contributed by atoms with Crippen LogP contribution in [0.25, 0.3) is 0 Å². The maximum Gasteiger partial charge on any atom is 0.131 e. The average molecular weight is 309 g/mol. The number of ether oxygens (including phenoxy) is 1. The summed E-state index contributed by atoms with van der Waals surface area (Å²) in [5, 5.41) is 14.8. The predicted molar refractivity (Wildman–Crippen MR) is 83.7 cm³/mol. The van der Waals surface area contributed by atoms with Gasteiger partial charge >= 0.3 is 0 Å². The summed E-state index contributed by atoms with van der Waals surface area (Å²) in [5.41, 5.74) is 2.60.